The van der Waals surface area contributed by atoms with Gasteiger partial charge in [-0.3, -0.25) is 0 Å². The zero-order chi connectivity index (χ0) is 25.9. The first-order valence-electron chi connectivity index (χ1n) is 12.1. The second-order valence-electron chi connectivity index (χ2n) is 8.50. The second-order valence-corrected chi connectivity index (χ2v) is 8.50. The lowest BCUT2D eigenvalue weighted by molar-refractivity contribution is 0.207. The molecule has 0 bridgehead atoms. The van der Waals surface area contributed by atoms with Gasteiger partial charge in [0.1, 0.15) is 12.4 Å². The molecule has 1 N–H and O–H groups in total. The van der Waals surface area contributed by atoms with Crippen molar-refractivity contribution >= 4 is 11.7 Å². The lowest BCUT2D eigenvalue weighted by Gasteiger charge is -2.24. The maximum absolute atomic E-state index is 13.3. The van der Waals surface area contributed by atoms with Crippen LogP contribution in [0.5, 0.6) is 17.2 Å². The molecular weight excluding hydrogens is 468 g/mol. The van der Waals surface area contributed by atoms with Crippen molar-refractivity contribution in [3.8, 4) is 17.2 Å². The molecule has 1 aromatic heterocycles. The van der Waals surface area contributed by atoms with Crippen LogP contribution in [0.3, 0.4) is 0 Å². The lowest BCUT2D eigenvalue weighted by atomic mass is 10.1. The van der Waals surface area contributed by atoms with Gasteiger partial charge in [-0.15, -0.1) is 0 Å². The summed E-state index contributed by atoms with van der Waals surface area (Å²) < 4.78 is 18.9. The number of imidazole rings is 1. The number of hydrogen-bond acceptors (Lipinski definition) is 5. The Morgan fingerprint density at radius 2 is 1.81 bits per heavy atom. The summed E-state index contributed by atoms with van der Waals surface area (Å²) in [5.41, 5.74) is 2.69. The lowest BCUT2D eigenvalue weighted by Crippen LogP contribution is -2.35. The number of anilines is 1. The highest BCUT2D eigenvalue weighted by atomic mass is 16.5. The summed E-state index contributed by atoms with van der Waals surface area (Å²) >= 11 is 0. The Balaban J connectivity index is 1.46. The van der Waals surface area contributed by atoms with E-state index < -0.39 is 0 Å². The van der Waals surface area contributed by atoms with Crippen LogP contribution in [0.1, 0.15) is 17.5 Å². The molecule has 4 rings (SSSR count). The number of hydrogen-bond donors (Lipinski definition) is 1. The second kappa shape index (κ2) is 13.0. The molecule has 37 heavy (non-hydrogen) atoms. The van der Waals surface area contributed by atoms with Gasteiger partial charge in [-0.05, 0) is 41.8 Å². The summed E-state index contributed by atoms with van der Waals surface area (Å²) in [7, 11) is 3.22. The fourth-order valence-electron chi connectivity index (χ4n) is 3.90. The number of ether oxygens (including phenoxy) is 3. The van der Waals surface area contributed by atoms with Gasteiger partial charge in [-0.25, -0.2) is 9.78 Å². The summed E-state index contributed by atoms with van der Waals surface area (Å²) in [5, 5.41) is 2.99. The summed E-state index contributed by atoms with van der Waals surface area (Å²) in [6.45, 7) is 2.18. The maximum Gasteiger partial charge on any atom is 0.322 e. The number of nitrogens with zero attached hydrogens (tertiary/aromatic N) is 3. The minimum atomic E-state index is -0.192. The summed E-state index contributed by atoms with van der Waals surface area (Å²) in [6, 6.07) is 22.9. The highest BCUT2D eigenvalue weighted by molar-refractivity contribution is 5.89. The van der Waals surface area contributed by atoms with E-state index in [0.29, 0.717) is 42.6 Å². The standard InChI is InChI=1S/C29H32N4O4/c1-35-26-11-6-10-25(19-26)31-29(34)33(16-7-15-32-17-14-30-22-32)20-24-12-13-27(28(18-24)36-2)37-21-23-8-4-3-5-9-23/h3-6,8-14,17-19,22H,7,15-16,20-21H2,1-2H3,(H,31,34). The zero-order valence-electron chi connectivity index (χ0n) is 21.2. The highest BCUT2D eigenvalue weighted by Gasteiger charge is 2.16. The minimum absolute atomic E-state index is 0.192. The number of rotatable bonds is 12. The molecule has 8 nitrogen and oxygen atoms in total. The van der Waals surface area contributed by atoms with Gasteiger partial charge in [-0.1, -0.05) is 42.5 Å². The van der Waals surface area contributed by atoms with Crippen molar-refractivity contribution in [2.45, 2.75) is 26.1 Å². The van der Waals surface area contributed by atoms with E-state index in [1.807, 2.05) is 77.5 Å². The van der Waals surface area contributed by atoms with Crippen LogP contribution in [-0.2, 0) is 19.7 Å². The van der Waals surface area contributed by atoms with Crippen LogP contribution in [0.25, 0.3) is 0 Å². The predicted molar refractivity (Wildman–Crippen MR) is 143 cm³/mol. The Labute approximate surface area is 217 Å². The third-order valence-corrected chi connectivity index (χ3v) is 5.85. The number of carbonyl (C=O) groups excluding carboxylic acids is 1. The number of methoxy groups -OCH3 is 2. The number of amides is 2. The maximum atomic E-state index is 13.3. The van der Waals surface area contributed by atoms with Crippen LogP contribution in [0.4, 0.5) is 10.5 Å². The third kappa shape index (κ3) is 7.51. The van der Waals surface area contributed by atoms with E-state index in [9.17, 15) is 4.79 Å². The number of benzene rings is 3. The molecule has 4 aromatic rings. The molecule has 0 aliphatic carbocycles. The largest absolute Gasteiger partial charge is 0.497 e. The highest BCUT2D eigenvalue weighted by Crippen LogP contribution is 2.29. The Morgan fingerprint density at radius 3 is 2.57 bits per heavy atom. The van der Waals surface area contributed by atoms with Gasteiger partial charge in [0, 0.05) is 43.8 Å². The van der Waals surface area contributed by atoms with Gasteiger partial charge in [0.05, 0.1) is 20.5 Å². The Hall–Kier alpha value is -4.46. The van der Waals surface area contributed by atoms with Crippen molar-refractivity contribution < 1.29 is 19.0 Å². The quantitative estimate of drug-likeness (QED) is 0.274. The van der Waals surface area contributed by atoms with E-state index in [2.05, 4.69) is 10.3 Å². The molecule has 192 valence electrons. The van der Waals surface area contributed by atoms with E-state index in [1.165, 1.54) is 0 Å². The molecule has 3 aromatic carbocycles. The van der Waals surface area contributed by atoms with Gasteiger partial charge in [0.15, 0.2) is 11.5 Å². The molecule has 0 fully saturated rings. The van der Waals surface area contributed by atoms with Crippen molar-refractivity contribution in [2.75, 3.05) is 26.1 Å². The number of nitrogens with one attached hydrogen (secondary N) is 1. The van der Waals surface area contributed by atoms with Crippen LogP contribution >= 0.6 is 0 Å². The van der Waals surface area contributed by atoms with Gasteiger partial charge >= 0.3 is 6.03 Å². The number of aromatic nitrogens is 2. The number of carbonyl (C=O) groups is 1. The molecule has 0 saturated carbocycles. The molecule has 8 heteroatoms. The fraction of sp³-hybridized carbons (Fsp3) is 0.241. The zero-order valence-corrected chi connectivity index (χ0v) is 21.2. The van der Waals surface area contributed by atoms with Crippen LogP contribution in [0.15, 0.2) is 91.5 Å². The van der Waals surface area contributed by atoms with Crippen LogP contribution < -0.4 is 19.5 Å². The van der Waals surface area contributed by atoms with Crippen molar-refractivity contribution in [1.82, 2.24) is 14.5 Å². The van der Waals surface area contributed by atoms with E-state index in [1.54, 1.807) is 37.7 Å². The summed E-state index contributed by atoms with van der Waals surface area (Å²) in [4.78, 5) is 19.2. The Morgan fingerprint density at radius 1 is 0.946 bits per heavy atom. The molecule has 1 heterocycles. The molecule has 0 saturated heterocycles. The molecule has 0 aliphatic rings. The van der Waals surface area contributed by atoms with Gasteiger partial charge in [-0.2, -0.15) is 0 Å². The first-order valence-corrected chi connectivity index (χ1v) is 12.1. The molecular formula is C29H32N4O4. The van der Waals surface area contributed by atoms with Crippen LogP contribution in [-0.4, -0.2) is 41.2 Å². The summed E-state index contributed by atoms with van der Waals surface area (Å²) in [5.74, 6) is 1.96. The molecule has 0 unspecified atom stereocenters. The molecule has 2 amide bonds. The SMILES string of the molecule is COc1cccc(NC(=O)N(CCCn2ccnc2)Cc2ccc(OCc3ccccc3)c(OC)c2)c1. The van der Waals surface area contributed by atoms with Crippen molar-refractivity contribution in [2.24, 2.45) is 0 Å². The van der Waals surface area contributed by atoms with E-state index >= 15 is 0 Å². The van der Waals surface area contributed by atoms with Gasteiger partial charge in [0.2, 0.25) is 0 Å². The predicted octanol–water partition coefficient (Wildman–Crippen LogP) is 5.60. The first kappa shape index (κ1) is 25.6. The number of aryl methyl sites for hydroxylation is 1. The third-order valence-electron chi connectivity index (χ3n) is 5.85. The van der Waals surface area contributed by atoms with Crippen LogP contribution in [0.2, 0.25) is 0 Å². The average molecular weight is 501 g/mol. The van der Waals surface area contributed by atoms with Crippen molar-refractivity contribution in [3.63, 3.8) is 0 Å². The van der Waals surface area contributed by atoms with Crippen molar-refractivity contribution in [3.05, 3.63) is 103 Å². The van der Waals surface area contributed by atoms with Gasteiger partial charge < -0.3 is 29.0 Å². The monoisotopic (exact) mass is 500 g/mol. The fourth-order valence-corrected chi connectivity index (χ4v) is 3.90. The normalized spacial score (nSPS) is 10.5. The van der Waals surface area contributed by atoms with Crippen molar-refractivity contribution in [1.29, 1.82) is 0 Å². The molecule has 0 atom stereocenters. The number of urea groups is 1. The summed E-state index contributed by atoms with van der Waals surface area (Å²) in [6.07, 6.45) is 6.22. The molecule has 0 radical (unpaired) electrons. The molecule has 0 spiro atoms. The van der Waals surface area contributed by atoms with E-state index in [0.717, 1.165) is 24.1 Å². The Kier molecular flexibility index (Phi) is 9.02. The van der Waals surface area contributed by atoms with Gasteiger partial charge in [0.25, 0.3) is 0 Å². The smallest absolute Gasteiger partial charge is 0.322 e. The van der Waals surface area contributed by atoms with E-state index in [-0.39, 0.29) is 6.03 Å². The topological polar surface area (TPSA) is 77.9 Å². The first-order chi connectivity index (χ1) is 18.1. The Bertz CT molecular complexity index is 1260. The van der Waals surface area contributed by atoms with Crippen LogP contribution in [0, 0.1) is 0 Å². The van der Waals surface area contributed by atoms with E-state index in [4.69, 9.17) is 14.2 Å². The minimum Gasteiger partial charge on any atom is -0.497 e. The average Bonchev–Trinajstić information content (AvgIpc) is 3.46. The molecule has 0 aliphatic heterocycles.